The van der Waals surface area contributed by atoms with Gasteiger partial charge in [0.1, 0.15) is 0 Å². The van der Waals surface area contributed by atoms with Gasteiger partial charge in [0.25, 0.3) is 0 Å². The Morgan fingerprint density at radius 3 is 2.37 bits per heavy atom. The lowest BCUT2D eigenvalue weighted by Crippen LogP contribution is -2.27. The summed E-state index contributed by atoms with van der Waals surface area (Å²) in [7, 11) is -3.76. The van der Waals surface area contributed by atoms with Crippen LogP contribution in [0.2, 0.25) is 5.02 Å². The van der Waals surface area contributed by atoms with E-state index in [0.29, 0.717) is 12.6 Å². The van der Waals surface area contributed by atoms with Crippen molar-refractivity contribution in [2.24, 2.45) is 5.14 Å². The quantitative estimate of drug-likeness (QED) is 0.747. The predicted molar refractivity (Wildman–Crippen MR) is 92.5 cm³/mol. The maximum Gasteiger partial charge on any atom is 0.417 e. The molecule has 0 aliphatic heterocycles. The smallest absolute Gasteiger partial charge is 0.355 e. The Morgan fingerprint density at radius 1 is 1.22 bits per heavy atom. The van der Waals surface area contributed by atoms with Crippen molar-refractivity contribution in [3.63, 3.8) is 0 Å². The minimum absolute atomic E-state index is 0.0155. The van der Waals surface area contributed by atoms with E-state index in [-0.39, 0.29) is 28.6 Å². The molecule has 0 fully saturated rings. The summed E-state index contributed by atoms with van der Waals surface area (Å²) in [6.45, 7) is 0.242. The monoisotopic (exact) mass is 421 g/mol. The molecule has 11 heteroatoms. The molecule has 1 aromatic carbocycles. The minimum atomic E-state index is -4.56. The van der Waals surface area contributed by atoms with Crippen LogP contribution >= 0.6 is 11.6 Å². The number of nitrogens with one attached hydrogen (secondary N) is 1. The fourth-order valence-electron chi connectivity index (χ4n) is 2.16. The van der Waals surface area contributed by atoms with Gasteiger partial charge in [0.05, 0.1) is 27.6 Å². The van der Waals surface area contributed by atoms with Crippen LogP contribution in [0.25, 0.3) is 0 Å². The first kappa shape index (κ1) is 21.1. The second-order valence-electron chi connectivity index (χ2n) is 5.62. The van der Waals surface area contributed by atoms with Gasteiger partial charge in [-0.3, -0.25) is 9.78 Å². The number of amides is 1. The van der Waals surface area contributed by atoms with Crippen LogP contribution < -0.4 is 10.5 Å². The summed E-state index contributed by atoms with van der Waals surface area (Å²) in [4.78, 5) is 15.5. The van der Waals surface area contributed by atoms with E-state index in [9.17, 15) is 26.4 Å². The number of carbonyl (C=O) groups is 1. The van der Waals surface area contributed by atoms with Crippen molar-refractivity contribution >= 4 is 27.5 Å². The van der Waals surface area contributed by atoms with Gasteiger partial charge >= 0.3 is 6.18 Å². The molecule has 0 saturated heterocycles. The first-order valence-corrected chi connectivity index (χ1v) is 9.49. The van der Waals surface area contributed by atoms with Crippen molar-refractivity contribution in [3.05, 3.63) is 58.4 Å². The van der Waals surface area contributed by atoms with Crippen LogP contribution in [0.1, 0.15) is 16.8 Å². The number of sulfonamides is 1. The zero-order chi connectivity index (χ0) is 20.2. The zero-order valence-corrected chi connectivity index (χ0v) is 15.3. The highest BCUT2D eigenvalue weighted by molar-refractivity contribution is 7.89. The van der Waals surface area contributed by atoms with Crippen molar-refractivity contribution in [2.75, 3.05) is 6.54 Å². The van der Waals surface area contributed by atoms with Gasteiger partial charge in [0.2, 0.25) is 15.9 Å². The topological polar surface area (TPSA) is 102 Å². The molecule has 1 heterocycles. The molecule has 0 atom stereocenters. The highest BCUT2D eigenvalue weighted by Crippen LogP contribution is 2.31. The fraction of sp³-hybridized carbons (Fsp3) is 0.250. The second kappa shape index (κ2) is 8.24. The molecule has 27 heavy (non-hydrogen) atoms. The number of aromatic nitrogens is 1. The number of hydrogen-bond acceptors (Lipinski definition) is 4. The van der Waals surface area contributed by atoms with Gasteiger partial charge in [-0.15, -0.1) is 0 Å². The number of halogens is 4. The molecule has 0 radical (unpaired) electrons. The number of nitrogens with zero attached hydrogens (tertiary/aromatic N) is 1. The first-order valence-electron chi connectivity index (χ1n) is 7.57. The normalized spacial score (nSPS) is 12.0. The number of nitrogens with two attached hydrogens (primary N) is 1. The summed E-state index contributed by atoms with van der Waals surface area (Å²) in [5, 5.41) is 7.36. The number of benzene rings is 1. The Bertz CT molecular complexity index is 932. The van der Waals surface area contributed by atoms with Gasteiger partial charge in [-0.1, -0.05) is 23.7 Å². The van der Waals surface area contributed by atoms with Gasteiger partial charge in [0.15, 0.2) is 0 Å². The third-order valence-electron chi connectivity index (χ3n) is 3.56. The molecule has 146 valence electrons. The van der Waals surface area contributed by atoms with E-state index < -0.39 is 27.7 Å². The molecule has 0 spiro atoms. The van der Waals surface area contributed by atoms with Crippen LogP contribution in [0.3, 0.4) is 0 Å². The molecule has 1 amide bonds. The van der Waals surface area contributed by atoms with E-state index in [2.05, 4.69) is 10.3 Å². The molecule has 0 aliphatic carbocycles. The van der Waals surface area contributed by atoms with E-state index in [1.54, 1.807) is 12.1 Å². The summed E-state index contributed by atoms with van der Waals surface area (Å²) < 4.78 is 60.0. The van der Waals surface area contributed by atoms with Gasteiger partial charge in [-0.25, -0.2) is 13.6 Å². The number of carbonyl (C=O) groups excluding carboxylic acids is 1. The third-order valence-corrected chi connectivity index (χ3v) is 4.82. The molecule has 6 nitrogen and oxygen atoms in total. The SMILES string of the molecule is NS(=O)(=O)c1ccc(CCNC(=O)Cc2ncc(C(F)(F)F)cc2Cl)cc1. The van der Waals surface area contributed by atoms with E-state index in [0.717, 1.165) is 11.6 Å². The van der Waals surface area contributed by atoms with Crippen LogP contribution in [-0.2, 0) is 33.8 Å². The minimum Gasteiger partial charge on any atom is -0.355 e. The number of alkyl halides is 3. The van der Waals surface area contributed by atoms with Gasteiger partial charge in [-0.05, 0) is 30.2 Å². The van der Waals surface area contributed by atoms with Crippen LogP contribution in [0.4, 0.5) is 13.2 Å². The van der Waals surface area contributed by atoms with Crippen molar-refractivity contribution in [1.82, 2.24) is 10.3 Å². The molecular weight excluding hydrogens is 407 g/mol. The summed E-state index contributed by atoms with van der Waals surface area (Å²) >= 11 is 5.76. The first-order chi connectivity index (χ1) is 12.5. The van der Waals surface area contributed by atoms with Gasteiger partial charge in [0, 0.05) is 12.7 Å². The van der Waals surface area contributed by atoms with Crippen LogP contribution in [0, 0.1) is 0 Å². The Morgan fingerprint density at radius 2 is 1.85 bits per heavy atom. The third kappa shape index (κ3) is 6.19. The van der Waals surface area contributed by atoms with Gasteiger partial charge in [-0.2, -0.15) is 13.2 Å². The van der Waals surface area contributed by atoms with Crippen molar-refractivity contribution in [2.45, 2.75) is 23.9 Å². The molecule has 1 aromatic heterocycles. The highest BCUT2D eigenvalue weighted by atomic mass is 35.5. The van der Waals surface area contributed by atoms with E-state index in [1.165, 1.54) is 12.1 Å². The Hall–Kier alpha value is -2.17. The summed E-state index contributed by atoms with van der Waals surface area (Å²) in [5.41, 5.74) is -0.173. The molecule has 3 N–H and O–H groups in total. The highest BCUT2D eigenvalue weighted by Gasteiger charge is 2.31. The summed E-state index contributed by atoms with van der Waals surface area (Å²) in [6.07, 6.45) is -3.77. The molecule has 2 aromatic rings. The lowest BCUT2D eigenvalue weighted by molar-refractivity contribution is -0.137. The summed E-state index contributed by atoms with van der Waals surface area (Å²) in [6, 6.07) is 6.58. The molecule has 0 bridgehead atoms. The Labute approximate surface area is 158 Å². The predicted octanol–water partition coefficient (Wildman–Crippen LogP) is 2.30. The average Bonchev–Trinajstić information content (AvgIpc) is 2.55. The van der Waals surface area contributed by atoms with Crippen molar-refractivity contribution < 1.29 is 26.4 Å². The maximum absolute atomic E-state index is 12.6. The van der Waals surface area contributed by atoms with Crippen LogP contribution in [-0.4, -0.2) is 25.9 Å². The van der Waals surface area contributed by atoms with Crippen molar-refractivity contribution in [3.8, 4) is 0 Å². The lowest BCUT2D eigenvalue weighted by atomic mass is 10.1. The van der Waals surface area contributed by atoms with Crippen molar-refractivity contribution in [1.29, 1.82) is 0 Å². The lowest BCUT2D eigenvalue weighted by Gasteiger charge is -2.09. The average molecular weight is 422 g/mol. The Balaban J connectivity index is 1.88. The summed E-state index contributed by atoms with van der Waals surface area (Å²) in [5.74, 6) is -0.453. The van der Waals surface area contributed by atoms with E-state index in [1.807, 2.05) is 0 Å². The van der Waals surface area contributed by atoms with E-state index in [4.69, 9.17) is 16.7 Å². The van der Waals surface area contributed by atoms with Crippen LogP contribution in [0.5, 0.6) is 0 Å². The second-order valence-corrected chi connectivity index (χ2v) is 7.58. The molecule has 2 rings (SSSR count). The molecular formula is C16H15ClF3N3O3S. The van der Waals surface area contributed by atoms with E-state index >= 15 is 0 Å². The molecule has 0 aliphatic rings. The standard InChI is InChI=1S/C16H15ClF3N3O3S/c17-13-7-11(16(18,19)20)9-23-14(13)8-15(24)22-6-5-10-1-3-12(4-2-10)27(21,25)26/h1-4,7,9H,5-6,8H2,(H,22,24)(H2,21,25,26). The van der Waals surface area contributed by atoms with Crippen LogP contribution in [0.15, 0.2) is 41.4 Å². The fourth-order valence-corrected chi connectivity index (χ4v) is 2.91. The largest absolute Gasteiger partial charge is 0.417 e. The number of pyridine rings is 1. The van der Waals surface area contributed by atoms with Gasteiger partial charge < -0.3 is 5.32 Å². The Kier molecular flexibility index (Phi) is 6.45. The maximum atomic E-state index is 12.6. The number of hydrogen-bond donors (Lipinski definition) is 2. The molecule has 0 unspecified atom stereocenters. The number of rotatable bonds is 6. The zero-order valence-electron chi connectivity index (χ0n) is 13.8. The number of primary sulfonamides is 1. The molecule has 0 saturated carbocycles.